The Hall–Kier alpha value is -1.17. The topological polar surface area (TPSA) is 69.4 Å². The summed E-state index contributed by atoms with van der Waals surface area (Å²) in [6.07, 6.45) is 0. The SMILES string of the molecule is O=C(O[N+](=O)[O-])c1cccc2ccccc12.[Ca]. The number of hydrogen-bond acceptors (Lipinski definition) is 4. The van der Waals surface area contributed by atoms with Gasteiger partial charge in [-0.3, -0.25) is 4.79 Å². The van der Waals surface area contributed by atoms with Gasteiger partial charge in [0.15, 0.2) is 0 Å². The van der Waals surface area contributed by atoms with E-state index in [4.69, 9.17) is 0 Å². The fraction of sp³-hybridized carbons (Fsp3) is 0. The molecule has 0 aromatic heterocycles. The van der Waals surface area contributed by atoms with E-state index in [2.05, 4.69) is 4.84 Å². The number of carbonyl (C=O) groups excluding carboxylic acids is 1. The van der Waals surface area contributed by atoms with Crippen molar-refractivity contribution in [2.75, 3.05) is 0 Å². The summed E-state index contributed by atoms with van der Waals surface area (Å²) < 4.78 is 0. The maximum Gasteiger partial charge on any atom is 0.335 e. The molecular formula is C11H7CaNO4. The van der Waals surface area contributed by atoms with E-state index in [-0.39, 0.29) is 43.3 Å². The Balaban J connectivity index is 0.00000144. The van der Waals surface area contributed by atoms with Crippen molar-refractivity contribution in [2.24, 2.45) is 0 Å². The van der Waals surface area contributed by atoms with Gasteiger partial charge in [-0.2, -0.15) is 0 Å². The molecule has 2 rings (SSSR count). The van der Waals surface area contributed by atoms with Gasteiger partial charge < -0.3 is 0 Å². The Kier molecular flexibility index (Phi) is 4.86. The van der Waals surface area contributed by atoms with Gasteiger partial charge in [-0.15, -0.1) is 10.1 Å². The maximum atomic E-state index is 11.4. The molecule has 0 amide bonds. The minimum Gasteiger partial charge on any atom is -0.263 e. The molecule has 0 fully saturated rings. The van der Waals surface area contributed by atoms with E-state index in [1.165, 1.54) is 6.07 Å². The summed E-state index contributed by atoms with van der Waals surface area (Å²) in [7, 11) is 0. The zero-order valence-corrected chi connectivity index (χ0v) is 11.0. The van der Waals surface area contributed by atoms with Crippen molar-refractivity contribution >= 4 is 54.5 Å². The fourth-order valence-corrected chi connectivity index (χ4v) is 1.52. The molecule has 0 saturated carbocycles. The van der Waals surface area contributed by atoms with Crippen molar-refractivity contribution in [3.8, 4) is 0 Å². The molecular weight excluding hydrogens is 250 g/mol. The zero-order valence-electron chi connectivity index (χ0n) is 8.83. The summed E-state index contributed by atoms with van der Waals surface area (Å²) in [5.74, 6) is -0.957. The van der Waals surface area contributed by atoms with Crippen LogP contribution >= 0.6 is 0 Å². The van der Waals surface area contributed by atoms with Gasteiger partial charge >= 0.3 is 11.1 Å². The fourth-order valence-electron chi connectivity index (χ4n) is 1.52. The average molecular weight is 257 g/mol. The molecule has 0 atom stereocenters. The monoisotopic (exact) mass is 257 g/mol. The van der Waals surface area contributed by atoms with Gasteiger partial charge in [0, 0.05) is 37.7 Å². The second-order valence-corrected chi connectivity index (χ2v) is 3.13. The van der Waals surface area contributed by atoms with Crippen molar-refractivity contribution in [2.45, 2.75) is 0 Å². The van der Waals surface area contributed by atoms with Gasteiger partial charge in [-0.25, -0.2) is 4.84 Å². The van der Waals surface area contributed by atoms with Gasteiger partial charge in [0.05, 0.1) is 5.56 Å². The van der Waals surface area contributed by atoms with Gasteiger partial charge in [0.2, 0.25) is 0 Å². The van der Waals surface area contributed by atoms with Crippen molar-refractivity contribution < 1.29 is 14.7 Å². The molecule has 2 radical (unpaired) electrons. The van der Waals surface area contributed by atoms with E-state index in [1.54, 1.807) is 18.2 Å². The van der Waals surface area contributed by atoms with Crippen LogP contribution in [0.3, 0.4) is 0 Å². The second-order valence-electron chi connectivity index (χ2n) is 3.13. The van der Waals surface area contributed by atoms with Crippen LogP contribution < -0.4 is 0 Å². The van der Waals surface area contributed by atoms with E-state index in [0.717, 1.165) is 5.39 Å². The van der Waals surface area contributed by atoms with Gasteiger partial charge in [0.25, 0.3) is 0 Å². The molecule has 5 nitrogen and oxygen atoms in total. The van der Waals surface area contributed by atoms with Crippen LogP contribution in [0.1, 0.15) is 10.4 Å². The Labute approximate surface area is 126 Å². The van der Waals surface area contributed by atoms with Crippen molar-refractivity contribution in [3.63, 3.8) is 0 Å². The first-order valence-corrected chi connectivity index (χ1v) is 4.53. The van der Waals surface area contributed by atoms with Crippen LogP contribution in [-0.2, 0) is 4.84 Å². The van der Waals surface area contributed by atoms with Crippen LogP contribution in [0.15, 0.2) is 42.5 Å². The summed E-state index contributed by atoms with van der Waals surface area (Å²) >= 11 is 0. The number of rotatable bonds is 2. The molecule has 0 aliphatic carbocycles. The van der Waals surface area contributed by atoms with Crippen LogP contribution in [-0.4, -0.2) is 48.8 Å². The maximum absolute atomic E-state index is 11.4. The van der Waals surface area contributed by atoms with E-state index >= 15 is 0 Å². The molecule has 2 aromatic carbocycles. The summed E-state index contributed by atoms with van der Waals surface area (Å²) in [6.45, 7) is 0. The number of carbonyl (C=O) groups is 1. The number of hydrogen-bond donors (Lipinski definition) is 0. The third-order valence-corrected chi connectivity index (χ3v) is 2.17. The number of fused-ring (bicyclic) bond motifs is 1. The van der Waals surface area contributed by atoms with Crippen LogP contribution in [0.25, 0.3) is 10.8 Å². The van der Waals surface area contributed by atoms with Crippen LogP contribution in [0.5, 0.6) is 0 Å². The summed E-state index contributed by atoms with van der Waals surface area (Å²) in [5.41, 5.74) is 0.190. The summed E-state index contributed by atoms with van der Waals surface area (Å²) in [4.78, 5) is 25.4. The molecule has 0 N–H and O–H groups in total. The molecule has 0 spiro atoms. The molecule has 0 unspecified atom stereocenters. The first-order valence-electron chi connectivity index (χ1n) is 4.53. The largest absolute Gasteiger partial charge is 0.335 e. The van der Waals surface area contributed by atoms with Crippen LogP contribution in [0, 0.1) is 10.1 Å². The molecule has 0 saturated heterocycles. The molecule has 0 heterocycles. The Bertz CT molecular complexity index is 565. The first-order chi connectivity index (χ1) is 7.68. The molecule has 0 aliphatic rings. The Morgan fingerprint density at radius 3 is 2.47 bits per heavy atom. The van der Waals surface area contributed by atoms with E-state index in [0.29, 0.717) is 5.39 Å². The van der Waals surface area contributed by atoms with Gasteiger partial charge in [-0.05, 0) is 16.8 Å². The average Bonchev–Trinajstić information content (AvgIpc) is 2.27. The zero-order chi connectivity index (χ0) is 11.5. The molecule has 82 valence electrons. The molecule has 2 aromatic rings. The molecule has 0 aliphatic heterocycles. The third kappa shape index (κ3) is 3.15. The summed E-state index contributed by atoms with van der Waals surface area (Å²) in [6, 6.07) is 12.1. The predicted octanol–water partition coefficient (Wildman–Crippen LogP) is 1.81. The Morgan fingerprint density at radius 2 is 1.76 bits per heavy atom. The minimum atomic E-state index is -1.11. The van der Waals surface area contributed by atoms with Crippen LogP contribution in [0.2, 0.25) is 0 Å². The molecule has 6 heteroatoms. The number of nitrogens with zero attached hydrogens (tertiary/aromatic N) is 1. The minimum absolute atomic E-state index is 0. The molecule has 17 heavy (non-hydrogen) atoms. The standard InChI is InChI=1S/C11H7NO4.Ca/c13-11(16-12(14)15)10-7-3-5-8-4-1-2-6-9(8)10;/h1-7H;. The van der Waals surface area contributed by atoms with Gasteiger partial charge in [0.1, 0.15) is 0 Å². The normalized spacial score (nSPS) is 9.41. The number of benzene rings is 2. The first kappa shape index (κ1) is 13.9. The van der Waals surface area contributed by atoms with Crippen molar-refractivity contribution in [1.29, 1.82) is 0 Å². The van der Waals surface area contributed by atoms with Crippen molar-refractivity contribution in [3.05, 3.63) is 58.1 Å². The van der Waals surface area contributed by atoms with E-state index in [1.807, 2.05) is 18.2 Å². The van der Waals surface area contributed by atoms with Gasteiger partial charge in [-0.1, -0.05) is 36.4 Å². The van der Waals surface area contributed by atoms with E-state index < -0.39 is 11.1 Å². The van der Waals surface area contributed by atoms with Crippen LogP contribution in [0.4, 0.5) is 0 Å². The summed E-state index contributed by atoms with van der Waals surface area (Å²) in [5, 5.41) is 10.4. The smallest absolute Gasteiger partial charge is 0.263 e. The quantitative estimate of drug-likeness (QED) is 0.467. The third-order valence-electron chi connectivity index (χ3n) is 2.17. The van der Waals surface area contributed by atoms with E-state index in [9.17, 15) is 14.9 Å². The molecule has 0 bridgehead atoms. The Morgan fingerprint density at radius 1 is 1.12 bits per heavy atom. The second kappa shape index (κ2) is 5.95. The predicted molar refractivity (Wildman–Crippen MR) is 62.1 cm³/mol. The van der Waals surface area contributed by atoms with Crippen molar-refractivity contribution in [1.82, 2.24) is 0 Å².